The van der Waals surface area contributed by atoms with Gasteiger partial charge in [0.05, 0.1) is 12.6 Å². The van der Waals surface area contributed by atoms with Gasteiger partial charge in [0.2, 0.25) is 11.8 Å². The van der Waals surface area contributed by atoms with Gasteiger partial charge in [0.1, 0.15) is 0 Å². The first-order chi connectivity index (χ1) is 16.6. The number of aryl methyl sites for hydroxylation is 1. The molecular weight excluding hydrogens is 442 g/mol. The molecule has 2 fully saturated rings. The Balaban J connectivity index is 1.26. The summed E-state index contributed by atoms with van der Waals surface area (Å²) in [6, 6.07) is 11.0. The highest BCUT2D eigenvalue weighted by atomic mass is 32.1. The number of benzene rings is 1. The largest absolute Gasteiger partial charge is 0.341 e. The van der Waals surface area contributed by atoms with E-state index in [4.69, 9.17) is 0 Å². The van der Waals surface area contributed by atoms with E-state index in [2.05, 4.69) is 47.5 Å². The van der Waals surface area contributed by atoms with Gasteiger partial charge in [-0.2, -0.15) is 0 Å². The van der Waals surface area contributed by atoms with Gasteiger partial charge in [-0.15, -0.1) is 11.3 Å². The van der Waals surface area contributed by atoms with Crippen molar-refractivity contribution in [2.45, 2.75) is 57.9 Å². The summed E-state index contributed by atoms with van der Waals surface area (Å²) in [7, 11) is 0. The fourth-order valence-corrected chi connectivity index (χ4v) is 6.97. The molecule has 3 aliphatic rings. The number of fused-ring (bicyclic) bond motifs is 1. The van der Waals surface area contributed by atoms with Gasteiger partial charge in [-0.1, -0.05) is 43.5 Å². The second kappa shape index (κ2) is 10.6. The van der Waals surface area contributed by atoms with E-state index < -0.39 is 0 Å². The second-order valence-corrected chi connectivity index (χ2v) is 11.2. The number of carbonyl (C=O) groups excluding carboxylic acids is 2. The molecule has 3 heterocycles. The molecule has 34 heavy (non-hydrogen) atoms. The lowest BCUT2D eigenvalue weighted by Gasteiger charge is -2.37. The third-order valence-corrected chi connectivity index (χ3v) is 9.00. The topological polar surface area (TPSA) is 43.9 Å². The first kappa shape index (κ1) is 23.6. The monoisotopic (exact) mass is 479 g/mol. The zero-order valence-corrected chi connectivity index (χ0v) is 21.2. The minimum atomic E-state index is 0.136. The maximum absolute atomic E-state index is 13.5. The van der Waals surface area contributed by atoms with Crippen molar-refractivity contribution in [2.24, 2.45) is 5.92 Å². The molecule has 182 valence electrons. The molecule has 1 unspecified atom stereocenters. The van der Waals surface area contributed by atoms with Crippen LogP contribution in [0.1, 0.15) is 66.1 Å². The molecular formula is C28H37N3O2S. The van der Waals surface area contributed by atoms with Crippen LogP contribution in [0.2, 0.25) is 0 Å². The number of nitrogens with zero attached hydrogens (tertiary/aromatic N) is 3. The lowest BCUT2D eigenvalue weighted by Crippen LogP contribution is -2.46. The lowest BCUT2D eigenvalue weighted by atomic mass is 9.88. The minimum Gasteiger partial charge on any atom is -0.341 e. The van der Waals surface area contributed by atoms with Gasteiger partial charge >= 0.3 is 0 Å². The van der Waals surface area contributed by atoms with Crippen molar-refractivity contribution in [1.29, 1.82) is 0 Å². The summed E-state index contributed by atoms with van der Waals surface area (Å²) < 4.78 is 0. The fraction of sp³-hybridized carbons (Fsp3) is 0.571. The maximum atomic E-state index is 13.5. The Morgan fingerprint density at radius 1 is 0.882 bits per heavy atom. The first-order valence-electron chi connectivity index (χ1n) is 13.0. The van der Waals surface area contributed by atoms with E-state index in [1.54, 1.807) is 0 Å². The van der Waals surface area contributed by atoms with E-state index in [1.807, 2.05) is 21.1 Å². The summed E-state index contributed by atoms with van der Waals surface area (Å²) in [6.45, 7) is 6.37. The van der Waals surface area contributed by atoms with Gasteiger partial charge in [0.15, 0.2) is 0 Å². The summed E-state index contributed by atoms with van der Waals surface area (Å²) in [4.78, 5) is 34.4. The standard InChI is InChI=1S/C28H37N3O2S/c1-21-8-5-6-11-23(21)27-24-13-19-34-25(24)12-16-31(27)20-26(32)29-14-7-15-30(18-17-29)28(33)22-9-3-2-4-10-22/h5-6,8,11,13,19,22,27H,2-4,7,9-10,12,14-18,20H2,1H3. The van der Waals surface area contributed by atoms with Crippen LogP contribution in [0.15, 0.2) is 35.7 Å². The number of carbonyl (C=O) groups is 2. The summed E-state index contributed by atoms with van der Waals surface area (Å²) in [5.41, 5.74) is 3.93. The van der Waals surface area contributed by atoms with Crippen LogP contribution in [0, 0.1) is 12.8 Å². The van der Waals surface area contributed by atoms with Gasteiger partial charge in [-0.25, -0.2) is 0 Å². The SMILES string of the molecule is Cc1ccccc1C1c2ccsc2CCN1CC(=O)N1CCCN(C(=O)C2CCCCC2)CC1. The molecule has 2 amide bonds. The smallest absolute Gasteiger partial charge is 0.236 e. The Hall–Kier alpha value is -2.18. The van der Waals surface area contributed by atoms with E-state index in [1.165, 1.54) is 40.8 Å². The van der Waals surface area contributed by atoms with Crippen molar-refractivity contribution >= 4 is 23.2 Å². The van der Waals surface area contributed by atoms with Crippen LogP contribution in [0.5, 0.6) is 0 Å². The summed E-state index contributed by atoms with van der Waals surface area (Å²) in [5.74, 6) is 0.734. The highest BCUT2D eigenvalue weighted by Gasteiger charge is 2.33. The van der Waals surface area contributed by atoms with Crippen molar-refractivity contribution in [2.75, 3.05) is 39.3 Å². The zero-order chi connectivity index (χ0) is 23.5. The third kappa shape index (κ3) is 4.94. The molecule has 2 aromatic rings. The van der Waals surface area contributed by atoms with E-state index >= 15 is 0 Å². The van der Waals surface area contributed by atoms with Gasteiger partial charge in [0, 0.05) is 43.5 Å². The Bertz CT molecular complexity index is 1010. The normalized spacial score (nSPS) is 22.3. The van der Waals surface area contributed by atoms with Crippen LogP contribution in [0.4, 0.5) is 0 Å². The Labute approximate surface area is 207 Å². The molecule has 1 aliphatic carbocycles. The van der Waals surface area contributed by atoms with E-state index in [0.29, 0.717) is 25.5 Å². The lowest BCUT2D eigenvalue weighted by molar-refractivity contribution is -0.137. The summed E-state index contributed by atoms with van der Waals surface area (Å²) in [6.07, 6.45) is 7.58. The predicted molar refractivity (Wildman–Crippen MR) is 137 cm³/mol. The van der Waals surface area contributed by atoms with Gasteiger partial charge < -0.3 is 9.80 Å². The van der Waals surface area contributed by atoms with Crippen molar-refractivity contribution in [3.05, 3.63) is 57.3 Å². The molecule has 5 rings (SSSR count). The van der Waals surface area contributed by atoms with Crippen LogP contribution in [0.3, 0.4) is 0 Å². The molecule has 1 aromatic carbocycles. The third-order valence-electron chi connectivity index (χ3n) is 8.00. The van der Waals surface area contributed by atoms with Crippen LogP contribution in [-0.2, 0) is 16.0 Å². The first-order valence-corrected chi connectivity index (χ1v) is 13.9. The molecule has 0 bridgehead atoms. The second-order valence-electron chi connectivity index (χ2n) is 10.2. The fourth-order valence-electron chi connectivity index (χ4n) is 6.07. The number of hydrogen-bond donors (Lipinski definition) is 0. The highest BCUT2D eigenvalue weighted by molar-refractivity contribution is 7.10. The van der Waals surface area contributed by atoms with Gasteiger partial charge in [-0.05, 0) is 60.7 Å². The molecule has 2 aliphatic heterocycles. The molecule has 6 heteroatoms. The van der Waals surface area contributed by atoms with Crippen LogP contribution in [-0.4, -0.2) is 65.8 Å². The van der Waals surface area contributed by atoms with E-state index in [9.17, 15) is 9.59 Å². The minimum absolute atomic E-state index is 0.136. The highest BCUT2D eigenvalue weighted by Crippen LogP contribution is 2.38. The van der Waals surface area contributed by atoms with E-state index in [-0.39, 0.29) is 17.9 Å². The number of hydrogen-bond acceptors (Lipinski definition) is 4. The van der Waals surface area contributed by atoms with Crippen LogP contribution in [0.25, 0.3) is 0 Å². The number of amides is 2. The summed E-state index contributed by atoms with van der Waals surface area (Å²) >= 11 is 1.84. The van der Waals surface area contributed by atoms with Gasteiger partial charge in [-0.3, -0.25) is 14.5 Å². The van der Waals surface area contributed by atoms with Crippen LogP contribution < -0.4 is 0 Å². The molecule has 1 saturated heterocycles. The summed E-state index contributed by atoms with van der Waals surface area (Å²) in [5, 5.41) is 2.19. The Morgan fingerprint density at radius 2 is 1.65 bits per heavy atom. The maximum Gasteiger partial charge on any atom is 0.236 e. The quantitative estimate of drug-likeness (QED) is 0.641. The van der Waals surface area contributed by atoms with Crippen molar-refractivity contribution in [3.63, 3.8) is 0 Å². The average Bonchev–Trinajstić information content (AvgIpc) is 3.20. The number of rotatable bonds is 4. The van der Waals surface area contributed by atoms with Crippen molar-refractivity contribution in [1.82, 2.24) is 14.7 Å². The van der Waals surface area contributed by atoms with E-state index in [0.717, 1.165) is 45.3 Å². The molecule has 0 radical (unpaired) electrons. The Kier molecular flexibility index (Phi) is 7.35. The Morgan fingerprint density at radius 3 is 2.47 bits per heavy atom. The van der Waals surface area contributed by atoms with Gasteiger partial charge in [0.25, 0.3) is 0 Å². The average molecular weight is 480 g/mol. The van der Waals surface area contributed by atoms with Crippen molar-refractivity contribution in [3.8, 4) is 0 Å². The number of thiophene rings is 1. The zero-order valence-electron chi connectivity index (χ0n) is 20.4. The molecule has 1 aromatic heterocycles. The molecule has 1 atom stereocenters. The van der Waals surface area contributed by atoms with Crippen LogP contribution >= 0.6 is 11.3 Å². The molecule has 0 N–H and O–H groups in total. The molecule has 1 saturated carbocycles. The predicted octanol–water partition coefficient (Wildman–Crippen LogP) is 4.65. The molecule has 0 spiro atoms. The molecule has 5 nitrogen and oxygen atoms in total. The van der Waals surface area contributed by atoms with Crippen molar-refractivity contribution < 1.29 is 9.59 Å².